The standard InChI is InChI=1S/C18H22FN3O/c19-17-8-4-3-7-15(17)12-22-13-16(11-20-22)21-18(23)10-9-14-5-1-2-6-14/h3-4,7-8,11,13-14H,1-2,5-6,9-10,12H2,(H,21,23). The van der Waals surface area contributed by atoms with E-state index in [1.54, 1.807) is 35.3 Å². The summed E-state index contributed by atoms with van der Waals surface area (Å²) in [7, 11) is 0. The van der Waals surface area contributed by atoms with E-state index in [4.69, 9.17) is 0 Å². The highest BCUT2D eigenvalue weighted by Gasteiger charge is 2.16. The molecular formula is C18H22FN3O. The predicted octanol–water partition coefficient (Wildman–Crippen LogP) is 3.98. The minimum Gasteiger partial charge on any atom is -0.323 e. The molecule has 1 aromatic heterocycles. The van der Waals surface area contributed by atoms with Crippen molar-refractivity contribution in [3.8, 4) is 0 Å². The van der Waals surface area contributed by atoms with Crippen molar-refractivity contribution in [1.29, 1.82) is 0 Å². The van der Waals surface area contributed by atoms with E-state index in [-0.39, 0.29) is 11.7 Å². The van der Waals surface area contributed by atoms with Crippen LogP contribution in [0.3, 0.4) is 0 Å². The first-order valence-electron chi connectivity index (χ1n) is 8.26. The molecule has 1 heterocycles. The number of nitrogens with zero attached hydrogens (tertiary/aromatic N) is 2. The minimum absolute atomic E-state index is 0.0299. The summed E-state index contributed by atoms with van der Waals surface area (Å²) in [5, 5.41) is 7.05. The van der Waals surface area contributed by atoms with Crippen LogP contribution >= 0.6 is 0 Å². The van der Waals surface area contributed by atoms with Crippen molar-refractivity contribution >= 4 is 11.6 Å². The Morgan fingerprint density at radius 1 is 1.30 bits per heavy atom. The number of hydrogen-bond acceptors (Lipinski definition) is 2. The number of halogens is 1. The molecule has 1 aromatic carbocycles. The smallest absolute Gasteiger partial charge is 0.224 e. The van der Waals surface area contributed by atoms with E-state index in [2.05, 4.69) is 10.4 Å². The maximum Gasteiger partial charge on any atom is 0.224 e. The Hall–Kier alpha value is -2.17. The van der Waals surface area contributed by atoms with Gasteiger partial charge in [0.1, 0.15) is 5.82 Å². The van der Waals surface area contributed by atoms with Crippen molar-refractivity contribution in [3.63, 3.8) is 0 Å². The zero-order valence-electron chi connectivity index (χ0n) is 13.2. The number of amides is 1. The van der Waals surface area contributed by atoms with Crippen LogP contribution in [-0.2, 0) is 11.3 Å². The lowest BCUT2D eigenvalue weighted by Crippen LogP contribution is -2.12. The number of aromatic nitrogens is 2. The van der Waals surface area contributed by atoms with Gasteiger partial charge in [-0.25, -0.2) is 4.39 Å². The van der Waals surface area contributed by atoms with E-state index < -0.39 is 0 Å². The highest BCUT2D eigenvalue weighted by Crippen LogP contribution is 2.28. The first-order chi connectivity index (χ1) is 11.2. The summed E-state index contributed by atoms with van der Waals surface area (Å²) in [4.78, 5) is 12.0. The Morgan fingerprint density at radius 2 is 2.09 bits per heavy atom. The van der Waals surface area contributed by atoms with Crippen LogP contribution in [-0.4, -0.2) is 15.7 Å². The molecule has 0 spiro atoms. The molecule has 23 heavy (non-hydrogen) atoms. The lowest BCUT2D eigenvalue weighted by molar-refractivity contribution is -0.116. The number of rotatable bonds is 6. The van der Waals surface area contributed by atoms with E-state index >= 15 is 0 Å². The molecule has 0 unspecified atom stereocenters. The molecule has 0 radical (unpaired) electrons. The largest absolute Gasteiger partial charge is 0.323 e. The highest BCUT2D eigenvalue weighted by atomic mass is 19.1. The van der Waals surface area contributed by atoms with Crippen molar-refractivity contribution in [1.82, 2.24) is 9.78 Å². The highest BCUT2D eigenvalue weighted by molar-refractivity contribution is 5.90. The van der Waals surface area contributed by atoms with Gasteiger partial charge in [0.15, 0.2) is 0 Å². The van der Waals surface area contributed by atoms with Crippen LogP contribution in [0.25, 0.3) is 0 Å². The second-order valence-electron chi connectivity index (χ2n) is 6.26. The van der Waals surface area contributed by atoms with Gasteiger partial charge in [0.25, 0.3) is 0 Å². The van der Waals surface area contributed by atoms with Crippen molar-refractivity contribution in [2.75, 3.05) is 5.32 Å². The molecule has 0 bridgehead atoms. The van der Waals surface area contributed by atoms with E-state index in [1.807, 2.05) is 0 Å². The molecule has 1 N–H and O–H groups in total. The van der Waals surface area contributed by atoms with Crippen LogP contribution in [0.2, 0.25) is 0 Å². The number of carbonyl (C=O) groups excluding carboxylic acids is 1. The Labute approximate surface area is 135 Å². The van der Waals surface area contributed by atoms with Gasteiger partial charge in [-0.1, -0.05) is 43.9 Å². The zero-order valence-corrected chi connectivity index (χ0v) is 13.2. The molecule has 0 aliphatic heterocycles. The third-order valence-electron chi connectivity index (χ3n) is 4.46. The number of carbonyl (C=O) groups is 1. The van der Waals surface area contributed by atoms with Gasteiger partial charge < -0.3 is 5.32 Å². The molecule has 0 saturated heterocycles. The third kappa shape index (κ3) is 4.41. The summed E-state index contributed by atoms with van der Waals surface area (Å²) in [6, 6.07) is 6.63. The number of benzene rings is 1. The fourth-order valence-corrected chi connectivity index (χ4v) is 3.17. The fraction of sp³-hybridized carbons (Fsp3) is 0.444. The second kappa shape index (κ2) is 7.40. The van der Waals surface area contributed by atoms with Crippen LogP contribution in [0.15, 0.2) is 36.7 Å². The predicted molar refractivity (Wildman–Crippen MR) is 87.6 cm³/mol. The molecule has 122 valence electrons. The van der Waals surface area contributed by atoms with E-state index in [0.717, 1.165) is 6.42 Å². The molecule has 5 heteroatoms. The van der Waals surface area contributed by atoms with Crippen LogP contribution in [0.5, 0.6) is 0 Å². The topological polar surface area (TPSA) is 46.9 Å². The Morgan fingerprint density at radius 3 is 2.87 bits per heavy atom. The maximum atomic E-state index is 13.6. The number of nitrogens with one attached hydrogen (secondary N) is 1. The first kappa shape index (κ1) is 15.7. The van der Waals surface area contributed by atoms with Gasteiger partial charge >= 0.3 is 0 Å². The van der Waals surface area contributed by atoms with Crippen molar-refractivity contribution < 1.29 is 9.18 Å². The maximum absolute atomic E-state index is 13.6. The molecule has 0 atom stereocenters. The van der Waals surface area contributed by atoms with E-state index in [0.29, 0.717) is 30.1 Å². The molecule has 2 aromatic rings. The number of anilines is 1. The first-order valence-corrected chi connectivity index (χ1v) is 8.26. The molecule has 1 fully saturated rings. The van der Waals surface area contributed by atoms with E-state index in [1.165, 1.54) is 31.7 Å². The Kier molecular flexibility index (Phi) is 5.05. The zero-order chi connectivity index (χ0) is 16.1. The second-order valence-corrected chi connectivity index (χ2v) is 6.26. The Balaban J connectivity index is 1.50. The van der Waals surface area contributed by atoms with Crippen LogP contribution in [0, 0.1) is 11.7 Å². The number of hydrogen-bond donors (Lipinski definition) is 1. The minimum atomic E-state index is -0.245. The molecular weight excluding hydrogens is 293 g/mol. The average Bonchev–Trinajstić information content (AvgIpc) is 3.19. The SMILES string of the molecule is O=C(CCC1CCCC1)Nc1cnn(Cc2ccccc2F)c1. The average molecular weight is 315 g/mol. The van der Waals surface area contributed by atoms with Gasteiger partial charge in [0, 0.05) is 18.2 Å². The van der Waals surface area contributed by atoms with Gasteiger partial charge in [0.05, 0.1) is 18.4 Å². The van der Waals surface area contributed by atoms with E-state index in [9.17, 15) is 9.18 Å². The van der Waals surface area contributed by atoms with Gasteiger partial charge in [-0.05, 0) is 18.4 Å². The summed E-state index contributed by atoms with van der Waals surface area (Å²) < 4.78 is 15.3. The summed E-state index contributed by atoms with van der Waals surface area (Å²) in [6.45, 7) is 0.352. The quantitative estimate of drug-likeness (QED) is 0.876. The summed E-state index contributed by atoms with van der Waals surface area (Å²) in [5.41, 5.74) is 1.24. The monoisotopic (exact) mass is 315 g/mol. The van der Waals surface area contributed by atoms with Crippen LogP contribution in [0.4, 0.5) is 10.1 Å². The van der Waals surface area contributed by atoms with Crippen LogP contribution in [0.1, 0.15) is 44.1 Å². The van der Waals surface area contributed by atoms with Gasteiger partial charge in [0.2, 0.25) is 5.91 Å². The van der Waals surface area contributed by atoms with Crippen molar-refractivity contribution in [2.45, 2.75) is 45.1 Å². The lowest BCUT2D eigenvalue weighted by Gasteiger charge is -2.08. The van der Waals surface area contributed by atoms with Gasteiger partial charge in [-0.2, -0.15) is 5.10 Å². The molecule has 3 rings (SSSR count). The molecule has 1 aliphatic carbocycles. The summed E-state index contributed by atoms with van der Waals surface area (Å²) in [6.07, 6.45) is 9.98. The van der Waals surface area contributed by atoms with Crippen molar-refractivity contribution in [2.24, 2.45) is 5.92 Å². The third-order valence-corrected chi connectivity index (χ3v) is 4.46. The molecule has 1 aliphatic rings. The van der Waals surface area contributed by atoms with Gasteiger partial charge in [-0.15, -0.1) is 0 Å². The summed E-state index contributed by atoms with van der Waals surface area (Å²) >= 11 is 0. The normalized spacial score (nSPS) is 15.0. The van der Waals surface area contributed by atoms with Gasteiger partial charge in [-0.3, -0.25) is 9.48 Å². The molecule has 1 saturated carbocycles. The summed E-state index contributed by atoms with van der Waals surface area (Å²) in [5.74, 6) is 0.497. The lowest BCUT2D eigenvalue weighted by atomic mass is 10.0. The molecule has 4 nitrogen and oxygen atoms in total. The van der Waals surface area contributed by atoms with Crippen molar-refractivity contribution in [3.05, 3.63) is 48.0 Å². The molecule has 1 amide bonds. The fourth-order valence-electron chi connectivity index (χ4n) is 3.17. The Bertz CT molecular complexity index is 662. The van der Waals surface area contributed by atoms with Crippen LogP contribution < -0.4 is 5.32 Å².